The van der Waals surface area contributed by atoms with Gasteiger partial charge < -0.3 is 9.80 Å². The molecule has 2 saturated heterocycles. The van der Waals surface area contributed by atoms with E-state index in [2.05, 4.69) is 15.0 Å². The molecule has 2 fully saturated rings. The number of aromatic nitrogens is 3. The molecule has 0 saturated carbocycles. The summed E-state index contributed by atoms with van der Waals surface area (Å²) in [7, 11) is 0. The maximum Gasteiger partial charge on any atom is 0.258 e. The molecule has 2 aliphatic rings. The Morgan fingerprint density at radius 2 is 1.85 bits per heavy atom. The quantitative estimate of drug-likeness (QED) is 0.823. The van der Waals surface area contributed by atoms with Crippen molar-refractivity contribution in [2.45, 2.75) is 18.8 Å². The van der Waals surface area contributed by atoms with Crippen molar-refractivity contribution in [1.29, 1.82) is 0 Å². The maximum absolute atomic E-state index is 14.9. The second-order valence-electron chi connectivity index (χ2n) is 6.92. The first-order chi connectivity index (χ1) is 12.5. The predicted molar refractivity (Wildman–Crippen MR) is 91.0 cm³/mol. The van der Waals surface area contributed by atoms with E-state index in [4.69, 9.17) is 0 Å². The van der Waals surface area contributed by atoms with Crippen LogP contribution >= 0.6 is 0 Å². The van der Waals surface area contributed by atoms with Gasteiger partial charge in [0.1, 0.15) is 0 Å². The van der Waals surface area contributed by atoms with Gasteiger partial charge in [0.2, 0.25) is 5.95 Å². The minimum atomic E-state index is -2.83. The molecule has 2 aromatic rings. The van der Waals surface area contributed by atoms with Gasteiger partial charge in [-0.05, 0) is 24.6 Å². The highest BCUT2D eigenvalue weighted by Gasteiger charge is 2.60. The number of likely N-dealkylation sites (tertiary alicyclic amines) is 1. The summed E-state index contributed by atoms with van der Waals surface area (Å²) >= 11 is 0. The van der Waals surface area contributed by atoms with E-state index >= 15 is 0 Å². The van der Waals surface area contributed by atoms with E-state index in [1.165, 1.54) is 11.1 Å². The second-order valence-corrected chi connectivity index (χ2v) is 6.92. The third-order valence-electron chi connectivity index (χ3n) is 5.35. The average molecular weight is 359 g/mol. The fourth-order valence-electron chi connectivity index (χ4n) is 3.87. The molecule has 4 rings (SSSR count). The molecular formula is C18H19F2N5O. The Balaban J connectivity index is 1.57. The normalized spacial score (nSPS) is 24.8. The zero-order valence-electron chi connectivity index (χ0n) is 14.2. The zero-order chi connectivity index (χ0) is 18.2. The summed E-state index contributed by atoms with van der Waals surface area (Å²) in [6.07, 6.45) is 6.23. The summed E-state index contributed by atoms with van der Waals surface area (Å²) < 4.78 is 29.8. The summed E-state index contributed by atoms with van der Waals surface area (Å²) in [4.78, 5) is 28.3. The van der Waals surface area contributed by atoms with Gasteiger partial charge in [0.15, 0.2) is 0 Å². The van der Waals surface area contributed by atoms with Gasteiger partial charge in [0, 0.05) is 57.4 Å². The number of anilines is 1. The van der Waals surface area contributed by atoms with Gasteiger partial charge in [-0.15, -0.1) is 0 Å². The molecule has 1 spiro atoms. The monoisotopic (exact) mass is 359 g/mol. The second kappa shape index (κ2) is 6.26. The van der Waals surface area contributed by atoms with Gasteiger partial charge in [-0.3, -0.25) is 9.78 Å². The van der Waals surface area contributed by atoms with Gasteiger partial charge in [-0.2, -0.15) is 0 Å². The molecule has 6 nitrogen and oxygen atoms in total. The molecule has 0 aromatic carbocycles. The highest BCUT2D eigenvalue weighted by molar-refractivity contribution is 5.94. The first-order valence-corrected chi connectivity index (χ1v) is 8.60. The number of rotatable bonds is 2. The molecule has 1 amide bonds. The Labute approximate surface area is 149 Å². The molecule has 26 heavy (non-hydrogen) atoms. The van der Waals surface area contributed by atoms with Crippen LogP contribution in [0.1, 0.15) is 23.2 Å². The summed E-state index contributed by atoms with van der Waals surface area (Å²) in [6.45, 7) is 0.663. The standard InChI is InChI=1S/C18H19F2N5O/c19-18(20)5-10-24(15(26)14-3-1-6-21-11-14)12-17(18)4-9-25(13-17)16-22-7-2-8-23-16/h1-3,6-8,11H,4-5,9-10,12-13H2. The number of piperidine rings is 1. The molecule has 2 aromatic heterocycles. The van der Waals surface area contributed by atoms with Crippen molar-refractivity contribution in [2.75, 3.05) is 31.1 Å². The third-order valence-corrected chi connectivity index (χ3v) is 5.35. The lowest BCUT2D eigenvalue weighted by atomic mass is 9.75. The number of carbonyl (C=O) groups excluding carboxylic acids is 1. The van der Waals surface area contributed by atoms with Crippen molar-refractivity contribution >= 4 is 11.9 Å². The molecule has 8 heteroatoms. The summed E-state index contributed by atoms with van der Waals surface area (Å²) in [5.74, 6) is -2.62. The van der Waals surface area contributed by atoms with E-state index in [0.29, 0.717) is 24.5 Å². The van der Waals surface area contributed by atoms with E-state index in [9.17, 15) is 13.6 Å². The smallest absolute Gasteiger partial charge is 0.258 e. The molecule has 0 bridgehead atoms. The largest absolute Gasteiger partial charge is 0.340 e. The van der Waals surface area contributed by atoms with Crippen molar-refractivity contribution in [3.05, 3.63) is 48.5 Å². The fraction of sp³-hybridized carbons (Fsp3) is 0.444. The molecule has 4 heterocycles. The first-order valence-electron chi connectivity index (χ1n) is 8.60. The molecule has 0 radical (unpaired) electrons. The van der Waals surface area contributed by atoms with E-state index in [1.54, 1.807) is 41.7 Å². The van der Waals surface area contributed by atoms with E-state index in [-0.39, 0.29) is 32.0 Å². The van der Waals surface area contributed by atoms with Crippen molar-refractivity contribution < 1.29 is 13.6 Å². The minimum absolute atomic E-state index is 0.0249. The molecule has 1 atom stereocenters. The number of halogens is 2. The van der Waals surface area contributed by atoms with Gasteiger partial charge in [0.05, 0.1) is 11.0 Å². The van der Waals surface area contributed by atoms with Crippen molar-refractivity contribution in [3.63, 3.8) is 0 Å². The van der Waals surface area contributed by atoms with Crippen LogP contribution in [0.5, 0.6) is 0 Å². The summed E-state index contributed by atoms with van der Waals surface area (Å²) in [5.41, 5.74) is -0.850. The van der Waals surface area contributed by atoms with Crippen molar-refractivity contribution in [2.24, 2.45) is 5.41 Å². The van der Waals surface area contributed by atoms with Crippen LogP contribution < -0.4 is 4.90 Å². The predicted octanol–water partition coefficient (Wildman–Crippen LogP) is 2.25. The van der Waals surface area contributed by atoms with Crippen molar-refractivity contribution in [3.8, 4) is 0 Å². The highest BCUT2D eigenvalue weighted by Crippen LogP contribution is 2.50. The molecule has 136 valence electrons. The summed E-state index contributed by atoms with van der Waals surface area (Å²) in [5, 5.41) is 0. The topological polar surface area (TPSA) is 62.2 Å². The maximum atomic E-state index is 14.9. The van der Waals surface area contributed by atoms with E-state index < -0.39 is 11.3 Å². The highest BCUT2D eigenvalue weighted by atomic mass is 19.3. The van der Waals surface area contributed by atoms with Crippen LogP contribution in [0.15, 0.2) is 43.0 Å². The Kier molecular flexibility index (Phi) is 4.05. The first kappa shape index (κ1) is 16.8. The molecule has 2 aliphatic heterocycles. The number of amides is 1. The number of hydrogen-bond acceptors (Lipinski definition) is 5. The molecule has 1 unspecified atom stereocenters. The van der Waals surface area contributed by atoms with Gasteiger partial charge >= 0.3 is 0 Å². The Bertz CT molecular complexity index is 789. The van der Waals surface area contributed by atoms with Gasteiger partial charge in [0.25, 0.3) is 11.8 Å². The minimum Gasteiger partial charge on any atom is -0.340 e. The fourth-order valence-corrected chi connectivity index (χ4v) is 3.87. The van der Waals surface area contributed by atoms with Crippen molar-refractivity contribution in [1.82, 2.24) is 19.9 Å². The number of nitrogens with zero attached hydrogens (tertiary/aromatic N) is 5. The molecule has 0 N–H and O–H groups in total. The zero-order valence-corrected chi connectivity index (χ0v) is 14.2. The Hall–Kier alpha value is -2.64. The van der Waals surface area contributed by atoms with Crippen LogP contribution in [0, 0.1) is 5.41 Å². The molecule has 0 aliphatic carbocycles. The average Bonchev–Trinajstić information content (AvgIpc) is 3.11. The van der Waals surface area contributed by atoms with E-state index in [1.807, 2.05) is 0 Å². The summed E-state index contributed by atoms with van der Waals surface area (Å²) in [6, 6.07) is 5.03. The number of alkyl halides is 2. The number of hydrogen-bond donors (Lipinski definition) is 0. The Morgan fingerprint density at radius 3 is 2.58 bits per heavy atom. The lowest BCUT2D eigenvalue weighted by Gasteiger charge is -2.45. The molecular weight excluding hydrogens is 340 g/mol. The van der Waals surface area contributed by atoms with Crippen LogP contribution in [-0.2, 0) is 0 Å². The van der Waals surface area contributed by atoms with Gasteiger partial charge in [-0.25, -0.2) is 18.7 Å². The SMILES string of the molecule is O=C(c1cccnc1)N1CCC(F)(F)C2(CCN(c3ncccn3)C2)C1. The number of carbonyl (C=O) groups is 1. The van der Waals surface area contributed by atoms with Crippen LogP contribution in [0.3, 0.4) is 0 Å². The number of pyridine rings is 1. The lowest BCUT2D eigenvalue weighted by molar-refractivity contribution is -0.150. The van der Waals surface area contributed by atoms with Gasteiger partial charge in [-0.1, -0.05) is 0 Å². The third kappa shape index (κ3) is 2.79. The lowest BCUT2D eigenvalue weighted by Crippen LogP contribution is -2.58. The van der Waals surface area contributed by atoms with Crippen LogP contribution in [0.2, 0.25) is 0 Å². The van der Waals surface area contributed by atoms with Crippen LogP contribution in [-0.4, -0.2) is 57.9 Å². The van der Waals surface area contributed by atoms with Crippen LogP contribution in [0.25, 0.3) is 0 Å². The Morgan fingerprint density at radius 1 is 1.04 bits per heavy atom. The van der Waals surface area contributed by atoms with E-state index in [0.717, 1.165) is 0 Å². The van der Waals surface area contributed by atoms with Crippen LogP contribution in [0.4, 0.5) is 14.7 Å².